The summed E-state index contributed by atoms with van der Waals surface area (Å²) < 4.78 is 7.24. The molecule has 1 heterocycles. The van der Waals surface area contributed by atoms with Gasteiger partial charge < -0.3 is 60.4 Å². The number of ketones is 1. The van der Waals surface area contributed by atoms with Crippen molar-refractivity contribution in [3.05, 3.63) is 0 Å². The monoisotopic (exact) mass is 1320 g/mol. The van der Waals surface area contributed by atoms with E-state index in [0.29, 0.717) is 12.8 Å². The third-order valence-electron chi connectivity index (χ3n) is 18.8. The summed E-state index contributed by atoms with van der Waals surface area (Å²) in [5, 5.41) is 7.98. The minimum absolute atomic E-state index is 0.106. The maximum atomic E-state index is 15.7. The molecule has 0 radical (unpaired) electrons. The van der Waals surface area contributed by atoms with Crippen LogP contribution >= 0.6 is 0 Å². The van der Waals surface area contributed by atoms with Crippen LogP contribution in [0.1, 0.15) is 183 Å². The molecular weight excluding hydrogens is 1190 g/mol. The van der Waals surface area contributed by atoms with Gasteiger partial charge >= 0.3 is 0 Å². The first-order chi connectivity index (χ1) is 42.1. The normalized spacial score (nSPS) is 26.2. The van der Waals surface area contributed by atoms with Gasteiger partial charge in [-0.25, -0.2) is 0 Å². The van der Waals surface area contributed by atoms with Gasteiger partial charge in [0.15, 0.2) is 14.1 Å². The van der Waals surface area contributed by atoms with E-state index in [9.17, 15) is 33.6 Å². The zero-order valence-electron chi connectivity index (χ0n) is 62.1. The van der Waals surface area contributed by atoms with Crippen molar-refractivity contribution < 1.29 is 57.2 Å². The van der Waals surface area contributed by atoms with Gasteiger partial charge in [0.05, 0.1) is 12.6 Å². The number of nitrogens with two attached hydrogens (primary N) is 1. The van der Waals surface area contributed by atoms with Gasteiger partial charge in [-0.1, -0.05) is 118 Å². The minimum Gasteiger partial charge on any atom is -0.411 e. The Morgan fingerprint density at radius 1 is 0.511 bits per heavy atom. The maximum absolute atomic E-state index is 15.7. The molecule has 0 aromatic carbocycles. The zero-order chi connectivity index (χ0) is 71.7. The molecule has 1 aliphatic heterocycles. The summed E-state index contributed by atoms with van der Waals surface area (Å²) in [6.45, 7) is 39.0. The average Bonchev–Trinajstić information content (AvgIpc) is 0.843. The Bertz CT molecular complexity index is 2500. The Morgan fingerprint density at radius 3 is 1.40 bits per heavy atom. The van der Waals surface area contributed by atoms with Gasteiger partial charge in [-0.2, -0.15) is 0 Å². The second-order valence-electron chi connectivity index (χ2n) is 30.4. The van der Waals surface area contributed by atoms with Crippen molar-refractivity contribution in [1.29, 1.82) is 0 Å². The van der Waals surface area contributed by atoms with Gasteiger partial charge in [-0.05, 0) is 125 Å². The topological polar surface area (TPSA) is 282 Å². The lowest BCUT2D eigenvalue weighted by molar-refractivity contribution is -0.157. The lowest BCUT2D eigenvalue weighted by atomic mass is 9.86. The molecule has 0 aliphatic carbocycles. The van der Waals surface area contributed by atoms with E-state index in [4.69, 9.17) is 10.2 Å². The predicted octanol–water partition coefficient (Wildman–Crippen LogP) is 6.16. The minimum atomic E-state index is -2.78. The largest absolute Gasteiger partial charge is 0.411 e. The van der Waals surface area contributed by atoms with Crippen LogP contribution in [0, 0.1) is 47.3 Å². The third kappa shape index (κ3) is 23.5. The second-order valence-corrected chi connectivity index (χ2v) is 35.1. The highest BCUT2D eigenvalue weighted by Gasteiger charge is 2.49. The molecule has 10 amide bonds. The van der Waals surface area contributed by atoms with Gasteiger partial charge in [0.25, 0.3) is 0 Å². The fourth-order valence-corrected chi connectivity index (χ4v) is 13.1. The van der Waals surface area contributed by atoms with Crippen molar-refractivity contribution in [2.75, 3.05) is 62.4 Å². The molecule has 1 rings (SSSR count). The van der Waals surface area contributed by atoms with E-state index in [1.54, 1.807) is 34.6 Å². The van der Waals surface area contributed by atoms with Crippen molar-refractivity contribution in [3.63, 3.8) is 0 Å². The number of hydrogen-bond donors (Lipinski definition) is 4. The second kappa shape index (κ2) is 37.0. The number of amides is 10. The van der Waals surface area contributed by atoms with Gasteiger partial charge in [-0.15, -0.1) is 0 Å². The smallest absolute Gasteiger partial charge is 0.246 e. The molecule has 1 aliphatic rings. The first-order valence-electron chi connectivity index (χ1n) is 33.8. The molecule has 92 heavy (non-hydrogen) atoms. The van der Waals surface area contributed by atoms with Crippen LogP contribution in [0.3, 0.4) is 0 Å². The van der Waals surface area contributed by atoms with Crippen LogP contribution in [0.4, 0.5) is 0 Å². The van der Waals surface area contributed by atoms with E-state index in [2.05, 4.69) is 49.8 Å². The molecule has 0 aromatic heterocycles. The highest BCUT2D eigenvalue weighted by molar-refractivity contribution is 6.74. The molecule has 5 N–H and O–H groups in total. The van der Waals surface area contributed by atoms with Crippen LogP contribution < -0.4 is 21.7 Å². The molecule has 0 saturated carbocycles. The molecule has 24 heteroatoms. The summed E-state index contributed by atoms with van der Waals surface area (Å²) in [5.74, 6) is -9.28. The van der Waals surface area contributed by atoms with Crippen molar-refractivity contribution >= 4 is 73.2 Å². The molecule has 1 saturated heterocycles. The standard InChI is InChI=1S/C68H127N11O12Si/c1-29-48-37-53(80)57(58(45(14)32-33-69)91-92(27,28)68(17,18)19)79(26)67(90)56(44(12)13)78(25)65(88)52(36-42(8)9)77(24)64(87)51(35-41(6)7)76(23)62(85)47(16)71-59(82)46(15)70-61(84)50(34-40(4)5)75(22)66(89)55(43(10)11)72-60(83)49(31-30-39(2)3)74(21)54(81)38-73(20)63(48)86/h39-52,55-58H,29-38,69H2,1-28H3,(H,70,84)(H,71,82)(H,72,83)/t45-,46+,47-,48-,49+,50+,51+,52+,55+,56+,57-,58?/m1/s1. The first kappa shape index (κ1) is 84.5. The summed E-state index contributed by atoms with van der Waals surface area (Å²) in [6, 6.07) is -10.6. The summed E-state index contributed by atoms with van der Waals surface area (Å²) >= 11 is 0. The Labute approximate surface area is 555 Å². The molecule has 12 atom stereocenters. The van der Waals surface area contributed by atoms with E-state index < -0.39 is 164 Å². The Morgan fingerprint density at radius 2 is 0.957 bits per heavy atom. The van der Waals surface area contributed by atoms with Crippen LogP contribution in [0.5, 0.6) is 0 Å². The highest BCUT2D eigenvalue weighted by atomic mass is 28.4. The summed E-state index contributed by atoms with van der Waals surface area (Å²) in [4.78, 5) is 173. The summed E-state index contributed by atoms with van der Waals surface area (Å²) in [5.41, 5.74) is 6.25. The fourth-order valence-electron chi connectivity index (χ4n) is 11.7. The molecule has 23 nitrogen and oxygen atoms in total. The average molecular weight is 1320 g/mol. The highest BCUT2D eigenvalue weighted by Crippen LogP contribution is 2.40. The number of rotatable bonds is 18. The number of nitrogens with one attached hydrogen (secondary N) is 3. The van der Waals surface area contributed by atoms with Crippen molar-refractivity contribution in [1.82, 2.24) is 50.2 Å². The third-order valence-corrected chi connectivity index (χ3v) is 23.3. The van der Waals surface area contributed by atoms with E-state index in [1.165, 1.54) is 97.5 Å². The predicted molar refractivity (Wildman–Crippen MR) is 365 cm³/mol. The lowest BCUT2D eigenvalue weighted by Crippen LogP contribution is -2.63. The van der Waals surface area contributed by atoms with Crippen molar-refractivity contribution in [3.8, 4) is 0 Å². The fraction of sp³-hybridized carbons (Fsp3) is 0.838. The van der Waals surface area contributed by atoms with Crippen LogP contribution in [-0.2, 0) is 57.2 Å². The molecule has 0 bridgehead atoms. The number of likely N-dealkylation sites (N-methyl/N-ethyl adjacent to an activating group) is 7. The molecular formula is C68H127N11O12Si. The lowest BCUT2D eigenvalue weighted by Gasteiger charge is -2.46. The van der Waals surface area contributed by atoms with E-state index in [-0.39, 0.29) is 73.8 Å². The molecule has 530 valence electrons. The van der Waals surface area contributed by atoms with Gasteiger partial charge in [0, 0.05) is 61.7 Å². The van der Waals surface area contributed by atoms with Gasteiger partial charge in [0.1, 0.15) is 54.4 Å². The van der Waals surface area contributed by atoms with Crippen LogP contribution in [0.15, 0.2) is 0 Å². The number of carbonyl (C=O) groups excluding carboxylic acids is 11. The van der Waals surface area contributed by atoms with Crippen molar-refractivity contribution in [2.24, 2.45) is 53.1 Å². The van der Waals surface area contributed by atoms with Gasteiger partial charge in [0.2, 0.25) is 59.1 Å². The van der Waals surface area contributed by atoms with Gasteiger partial charge in [-0.3, -0.25) is 52.7 Å². The summed E-state index contributed by atoms with van der Waals surface area (Å²) in [7, 11) is 7.59. The SMILES string of the molecule is CC[C@@H]1CC(=O)[C@H](C(O[Si](C)(C)C(C)(C)C)[C@H](C)CCN)N(C)C(=O)[C@H](C(C)C)N(C)C(=O)[C@H](CC(C)C)N(C)C(=O)[C@H](CC(C)C)N(C)C(=O)[C@@H](C)NC(=O)[C@H](C)NC(=O)[C@H](CC(C)C)N(C)C(=O)[C@H](C(C)C)NC(=O)[C@H](CCC(C)C)N(C)C(=O)CN(C)C1=O. The summed E-state index contributed by atoms with van der Waals surface area (Å²) in [6.07, 6.45) is 0.498. The van der Waals surface area contributed by atoms with Crippen LogP contribution in [0.25, 0.3) is 0 Å². The quantitative estimate of drug-likeness (QED) is 0.112. The van der Waals surface area contributed by atoms with E-state index in [0.717, 1.165) is 0 Å². The molecule has 0 aromatic rings. The molecule has 0 spiro atoms. The Balaban J connectivity index is 4.54. The zero-order valence-corrected chi connectivity index (χ0v) is 63.1. The number of hydrogen-bond acceptors (Lipinski definition) is 13. The van der Waals surface area contributed by atoms with E-state index in [1.807, 2.05) is 62.3 Å². The number of nitrogens with zero attached hydrogens (tertiary/aromatic N) is 7. The van der Waals surface area contributed by atoms with Crippen LogP contribution in [0.2, 0.25) is 18.1 Å². The van der Waals surface area contributed by atoms with Crippen LogP contribution in [-0.4, -0.2) is 230 Å². The Hall–Kier alpha value is -5.49. The first-order valence-corrected chi connectivity index (χ1v) is 36.7. The maximum Gasteiger partial charge on any atom is 0.246 e. The molecule has 1 fully saturated rings. The number of carbonyl (C=O) groups is 11. The molecule has 1 unspecified atom stereocenters. The van der Waals surface area contributed by atoms with Crippen molar-refractivity contribution in [2.45, 2.75) is 262 Å². The van der Waals surface area contributed by atoms with E-state index >= 15 is 19.2 Å². The number of Topliss-reactive ketones (excluding diaryl/α,β-unsaturated/α-hetero) is 1. The Kier molecular flexibility index (Phi) is 34.0.